The zero-order valence-electron chi connectivity index (χ0n) is 10.8. The van der Waals surface area contributed by atoms with Gasteiger partial charge in [-0.25, -0.2) is 13.2 Å². The van der Waals surface area contributed by atoms with Gasteiger partial charge in [-0.3, -0.25) is 4.79 Å². The molecule has 1 aliphatic rings. The summed E-state index contributed by atoms with van der Waals surface area (Å²) >= 11 is 0. The van der Waals surface area contributed by atoms with Gasteiger partial charge in [0, 0.05) is 18.7 Å². The van der Waals surface area contributed by atoms with E-state index in [0.29, 0.717) is 25.0 Å². The minimum atomic E-state index is -1.32. The molecular weight excluding hydrogens is 271 g/mol. The van der Waals surface area contributed by atoms with Crippen molar-refractivity contribution in [3.8, 4) is 0 Å². The maximum Gasteiger partial charge on any atom is 0.254 e. The first-order chi connectivity index (χ1) is 9.51. The van der Waals surface area contributed by atoms with Gasteiger partial charge in [0.1, 0.15) is 5.82 Å². The van der Waals surface area contributed by atoms with Gasteiger partial charge in [-0.2, -0.15) is 0 Å². The number of halogens is 3. The van der Waals surface area contributed by atoms with Crippen LogP contribution >= 0.6 is 0 Å². The summed E-state index contributed by atoms with van der Waals surface area (Å²) < 4.78 is 39.3. The smallest absolute Gasteiger partial charge is 0.254 e. The lowest BCUT2D eigenvalue weighted by Gasteiger charge is -2.28. The van der Waals surface area contributed by atoms with Crippen LogP contribution in [-0.4, -0.2) is 23.7 Å². The summed E-state index contributed by atoms with van der Waals surface area (Å²) in [5, 5.41) is 11.6. The van der Waals surface area contributed by atoms with Crippen LogP contribution in [0.3, 0.4) is 0 Å². The molecule has 2 rings (SSSR count). The van der Waals surface area contributed by atoms with Crippen molar-refractivity contribution in [2.75, 3.05) is 6.61 Å². The number of nitrogens with one attached hydrogen (secondary N) is 1. The number of carbonyl (C=O) groups is 1. The van der Waals surface area contributed by atoms with Gasteiger partial charge >= 0.3 is 0 Å². The van der Waals surface area contributed by atoms with Gasteiger partial charge in [-0.1, -0.05) is 0 Å². The maximum absolute atomic E-state index is 13.5. The van der Waals surface area contributed by atoms with Crippen LogP contribution in [0, 0.1) is 23.4 Å². The van der Waals surface area contributed by atoms with Crippen LogP contribution in [0.1, 0.15) is 36.0 Å². The van der Waals surface area contributed by atoms with Crippen molar-refractivity contribution in [2.24, 2.45) is 5.92 Å². The standard InChI is InChI=1S/C14H16F3NO2/c15-11-6-13(17)12(16)5-10(11)14(20)18-9-3-1-8(7-19)2-4-9/h5-6,8-9,19H,1-4,7H2,(H,18,20). The second-order valence-corrected chi connectivity index (χ2v) is 5.12. The van der Waals surface area contributed by atoms with E-state index < -0.39 is 28.9 Å². The summed E-state index contributed by atoms with van der Waals surface area (Å²) in [5.41, 5.74) is -0.492. The predicted molar refractivity (Wildman–Crippen MR) is 66.6 cm³/mol. The summed E-state index contributed by atoms with van der Waals surface area (Å²) in [5.74, 6) is -4.15. The highest BCUT2D eigenvalue weighted by molar-refractivity contribution is 5.94. The third-order valence-electron chi connectivity index (χ3n) is 3.69. The monoisotopic (exact) mass is 287 g/mol. The lowest BCUT2D eigenvalue weighted by molar-refractivity contribution is 0.0909. The number of rotatable bonds is 3. The first kappa shape index (κ1) is 14.8. The van der Waals surface area contributed by atoms with Gasteiger partial charge in [0.05, 0.1) is 5.56 Å². The highest BCUT2D eigenvalue weighted by Crippen LogP contribution is 2.24. The molecule has 0 atom stereocenters. The van der Waals surface area contributed by atoms with Crippen LogP contribution < -0.4 is 5.32 Å². The Morgan fingerprint density at radius 2 is 1.70 bits per heavy atom. The number of amides is 1. The molecule has 2 N–H and O–H groups in total. The summed E-state index contributed by atoms with van der Waals surface area (Å²) in [6, 6.07) is 0.810. The Hall–Kier alpha value is -1.56. The third-order valence-corrected chi connectivity index (χ3v) is 3.69. The van der Waals surface area contributed by atoms with Gasteiger partial charge in [0.2, 0.25) is 0 Å². The average Bonchev–Trinajstić information content (AvgIpc) is 2.43. The van der Waals surface area contributed by atoms with Crippen molar-refractivity contribution in [2.45, 2.75) is 31.7 Å². The number of aliphatic hydroxyl groups excluding tert-OH is 1. The molecule has 20 heavy (non-hydrogen) atoms. The quantitative estimate of drug-likeness (QED) is 0.839. The van der Waals surface area contributed by atoms with E-state index in [4.69, 9.17) is 5.11 Å². The predicted octanol–water partition coefficient (Wildman–Crippen LogP) is 2.38. The minimum Gasteiger partial charge on any atom is -0.396 e. The Labute approximate surface area is 114 Å². The minimum absolute atomic E-state index is 0.123. The van der Waals surface area contributed by atoms with E-state index in [0.717, 1.165) is 12.8 Å². The van der Waals surface area contributed by atoms with Gasteiger partial charge in [-0.05, 0) is 37.7 Å². The Bertz CT molecular complexity index is 499. The molecule has 1 aromatic carbocycles. The summed E-state index contributed by atoms with van der Waals surface area (Å²) in [6.45, 7) is 0.123. The molecule has 1 amide bonds. The molecule has 1 aromatic rings. The molecule has 0 spiro atoms. The molecular formula is C14H16F3NO2. The van der Waals surface area contributed by atoms with Crippen molar-refractivity contribution in [3.63, 3.8) is 0 Å². The topological polar surface area (TPSA) is 49.3 Å². The SMILES string of the molecule is O=C(NC1CCC(CO)CC1)c1cc(F)c(F)cc1F. The molecule has 0 radical (unpaired) electrons. The fourth-order valence-electron chi connectivity index (χ4n) is 2.45. The molecule has 1 fully saturated rings. The Kier molecular flexibility index (Phi) is 4.65. The molecule has 0 aromatic heterocycles. The highest BCUT2D eigenvalue weighted by atomic mass is 19.2. The van der Waals surface area contributed by atoms with E-state index in [2.05, 4.69) is 5.32 Å². The van der Waals surface area contributed by atoms with Crippen LogP contribution in [0.15, 0.2) is 12.1 Å². The highest BCUT2D eigenvalue weighted by Gasteiger charge is 2.24. The lowest BCUT2D eigenvalue weighted by Crippen LogP contribution is -2.38. The van der Waals surface area contributed by atoms with E-state index >= 15 is 0 Å². The Balaban J connectivity index is 2.01. The average molecular weight is 287 g/mol. The fraction of sp³-hybridized carbons (Fsp3) is 0.500. The summed E-state index contributed by atoms with van der Waals surface area (Å²) in [4.78, 5) is 11.9. The van der Waals surface area contributed by atoms with Crippen molar-refractivity contribution < 1.29 is 23.1 Å². The van der Waals surface area contributed by atoms with Crippen LogP contribution in [0.5, 0.6) is 0 Å². The van der Waals surface area contributed by atoms with Crippen molar-refractivity contribution in [1.29, 1.82) is 0 Å². The van der Waals surface area contributed by atoms with Gasteiger partial charge in [-0.15, -0.1) is 0 Å². The molecule has 0 saturated heterocycles. The number of hydrogen-bond acceptors (Lipinski definition) is 2. The Morgan fingerprint density at radius 1 is 1.10 bits per heavy atom. The van der Waals surface area contributed by atoms with E-state index in [1.54, 1.807) is 0 Å². The van der Waals surface area contributed by atoms with Crippen LogP contribution in [0.25, 0.3) is 0 Å². The van der Waals surface area contributed by atoms with E-state index in [1.807, 2.05) is 0 Å². The summed E-state index contributed by atoms with van der Waals surface area (Å²) in [7, 11) is 0. The summed E-state index contributed by atoms with van der Waals surface area (Å²) in [6.07, 6.45) is 2.92. The second-order valence-electron chi connectivity index (χ2n) is 5.12. The zero-order chi connectivity index (χ0) is 14.7. The number of carbonyl (C=O) groups excluding carboxylic acids is 1. The Morgan fingerprint density at radius 3 is 2.30 bits per heavy atom. The lowest BCUT2D eigenvalue weighted by atomic mass is 9.86. The van der Waals surface area contributed by atoms with Crippen LogP contribution in [0.2, 0.25) is 0 Å². The van der Waals surface area contributed by atoms with Crippen molar-refractivity contribution in [3.05, 3.63) is 35.1 Å². The molecule has 0 heterocycles. The number of aliphatic hydroxyl groups is 1. The van der Waals surface area contributed by atoms with Gasteiger partial charge in [0.15, 0.2) is 11.6 Å². The number of hydrogen-bond donors (Lipinski definition) is 2. The third kappa shape index (κ3) is 3.30. The van der Waals surface area contributed by atoms with Gasteiger partial charge < -0.3 is 10.4 Å². The van der Waals surface area contributed by atoms with Crippen LogP contribution in [0.4, 0.5) is 13.2 Å². The van der Waals surface area contributed by atoms with Crippen LogP contribution in [-0.2, 0) is 0 Å². The molecule has 0 aliphatic heterocycles. The molecule has 0 unspecified atom stereocenters. The van der Waals surface area contributed by atoms with Crippen molar-refractivity contribution in [1.82, 2.24) is 5.32 Å². The largest absolute Gasteiger partial charge is 0.396 e. The molecule has 1 aliphatic carbocycles. The normalized spacial score (nSPS) is 22.6. The first-order valence-corrected chi connectivity index (χ1v) is 6.57. The van der Waals surface area contributed by atoms with E-state index in [-0.39, 0.29) is 18.6 Å². The first-order valence-electron chi connectivity index (χ1n) is 6.57. The molecule has 3 nitrogen and oxygen atoms in total. The number of benzene rings is 1. The second kappa shape index (κ2) is 6.26. The molecule has 1 saturated carbocycles. The molecule has 110 valence electrons. The van der Waals surface area contributed by atoms with Gasteiger partial charge in [0.25, 0.3) is 5.91 Å². The van der Waals surface area contributed by atoms with E-state index in [9.17, 15) is 18.0 Å². The fourth-order valence-corrected chi connectivity index (χ4v) is 2.45. The maximum atomic E-state index is 13.5. The van der Waals surface area contributed by atoms with E-state index in [1.165, 1.54) is 0 Å². The van der Waals surface area contributed by atoms with Crippen molar-refractivity contribution >= 4 is 5.91 Å². The zero-order valence-corrected chi connectivity index (χ0v) is 10.8. The molecule has 6 heteroatoms. The molecule has 0 bridgehead atoms.